The van der Waals surface area contributed by atoms with Crippen LogP contribution >= 0.6 is 11.6 Å². The molecule has 1 atom stereocenters. The number of aromatic nitrogens is 3. The second-order valence-electron chi connectivity index (χ2n) is 4.84. The molecule has 2 aromatic rings. The van der Waals surface area contributed by atoms with Crippen molar-refractivity contribution in [2.24, 2.45) is 0 Å². The fraction of sp³-hybridized carbons (Fsp3) is 0.429. The molecule has 0 aliphatic carbocycles. The van der Waals surface area contributed by atoms with Crippen LogP contribution in [-0.4, -0.2) is 79.9 Å². The second kappa shape index (κ2) is 8.19. The number of methoxy groups -OCH3 is 1. The van der Waals surface area contributed by atoms with Crippen molar-refractivity contribution in [3.63, 3.8) is 0 Å². The van der Waals surface area contributed by atoms with Gasteiger partial charge in [-0.2, -0.15) is 5.10 Å². The zero-order valence-corrected chi connectivity index (χ0v) is 16.4. The summed E-state index contributed by atoms with van der Waals surface area (Å²) in [5, 5.41) is 4.32. The fourth-order valence-electron chi connectivity index (χ4n) is 2.43. The molecule has 3 rings (SSSR count). The number of hydrogen-bond acceptors (Lipinski definition) is 4. The first-order valence-electron chi connectivity index (χ1n) is 6.75. The van der Waals surface area contributed by atoms with Gasteiger partial charge < -0.3 is 9.47 Å². The first kappa shape index (κ1) is 18.3. The van der Waals surface area contributed by atoms with Crippen LogP contribution in [0.2, 0.25) is 5.15 Å². The largest absolute Gasteiger partial charge is 0.480 e. The Labute approximate surface area is 175 Å². The first-order chi connectivity index (χ1) is 10.2. The van der Waals surface area contributed by atoms with E-state index in [0.29, 0.717) is 5.56 Å². The Hall–Kier alpha value is -0.0236. The van der Waals surface area contributed by atoms with Gasteiger partial charge in [-0.15, -0.1) is 0 Å². The van der Waals surface area contributed by atoms with Gasteiger partial charge in [0.15, 0.2) is 0 Å². The summed E-state index contributed by atoms with van der Waals surface area (Å²) in [6.07, 6.45) is 6.29. The number of rotatable bonds is 3. The van der Waals surface area contributed by atoms with E-state index < -0.39 is 5.82 Å². The van der Waals surface area contributed by atoms with Gasteiger partial charge in [-0.05, 0) is 19.3 Å². The van der Waals surface area contributed by atoms with Crippen molar-refractivity contribution in [2.45, 2.75) is 25.5 Å². The quantitative estimate of drug-likeness (QED) is 0.630. The molecular weight excluding hydrogens is 336 g/mol. The Morgan fingerprint density at radius 1 is 1.45 bits per heavy atom. The summed E-state index contributed by atoms with van der Waals surface area (Å²) in [6, 6.07) is 1.16. The Balaban J connectivity index is 0.00000176. The van der Waals surface area contributed by atoms with Crippen LogP contribution in [0.3, 0.4) is 0 Å². The molecule has 113 valence electrons. The van der Waals surface area contributed by atoms with Gasteiger partial charge in [-0.25, -0.2) is 14.1 Å². The maximum atomic E-state index is 14.2. The van der Waals surface area contributed by atoms with Crippen LogP contribution in [0.15, 0.2) is 18.5 Å². The van der Waals surface area contributed by atoms with Gasteiger partial charge in [0.05, 0.1) is 18.9 Å². The third-order valence-electron chi connectivity index (χ3n) is 3.44. The zero-order valence-electron chi connectivity index (χ0n) is 12.6. The molecule has 8 heteroatoms. The first-order valence-corrected chi connectivity index (χ1v) is 7.13. The molecule has 1 saturated heterocycles. The van der Waals surface area contributed by atoms with E-state index in [1.807, 2.05) is 0 Å². The molecule has 0 saturated carbocycles. The molecule has 1 aliphatic rings. The van der Waals surface area contributed by atoms with E-state index in [0.717, 1.165) is 31.9 Å². The third kappa shape index (κ3) is 3.89. The van der Waals surface area contributed by atoms with E-state index in [1.54, 1.807) is 17.1 Å². The molecule has 22 heavy (non-hydrogen) atoms. The maximum Gasteiger partial charge on any atom is 0.225 e. The third-order valence-corrected chi connectivity index (χ3v) is 3.63. The van der Waals surface area contributed by atoms with Crippen LogP contribution in [0.1, 0.15) is 25.5 Å². The minimum Gasteiger partial charge on any atom is -0.480 e. The van der Waals surface area contributed by atoms with Gasteiger partial charge in [-0.1, -0.05) is 11.6 Å². The predicted octanol–water partition coefficient (Wildman–Crippen LogP) is 3.06. The number of ether oxygens (including phenoxy) is 2. The maximum absolute atomic E-state index is 14.2. The average molecular weight is 351 g/mol. The summed E-state index contributed by atoms with van der Waals surface area (Å²) < 4.78 is 26.6. The van der Waals surface area contributed by atoms with Crippen molar-refractivity contribution < 1.29 is 13.9 Å². The average Bonchev–Trinajstić information content (AvgIpc) is 2.96. The zero-order chi connectivity index (χ0) is 14.8. The Morgan fingerprint density at radius 3 is 2.95 bits per heavy atom. The summed E-state index contributed by atoms with van der Waals surface area (Å²) in [6.45, 7) is 0.722. The summed E-state index contributed by atoms with van der Waals surface area (Å²) in [5.74, 6) is -0.347. The van der Waals surface area contributed by atoms with Gasteiger partial charge in [0.2, 0.25) is 5.88 Å². The normalized spacial score (nSPS) is 17.9. The van der Waals surface area contributed by atoms with Gasteiger partial charge in [0.25, 0.3) is 0 Å². The SMILES string of the molecule is COc1nc(Cl)cc(F)c1-c1cnn(C2CCCCO2)c1.[K]. The number of halogens is 2. The standard InChI is InChI=1S/C14H15ClFN3O2.K/c1-20-14-13(10(16)6-11(15)18-14)9-7-17-19(8-9)12-4-2-3-5-21-12;/h6-8,12H,2-5H2,1H3;. The molecule has 0 amide bonds. The molecular formula is C14H15ClFKN3O2. The fourth-order valence-corrected chi connectivity index (χ4v) is 2.60. The molecule has 2 aromatic heterocycles. The van der Waals surface area contributed by atoms with Gasteiger partial charge in [0, 0.05) is 75.8 Å². The van der Waals surface area contributed by atoms with E-state index in [1.165, 1.54) is 7.11 Å². The topological polar surface area (TPSA) is 49.2 Å². The molecule has 0 bridgehead atoms. The van der Waals surface area contributed by atoms with Crippen molar-refractivity contribution in [3.8, 4) is 17.0 Å². The summed E-state index contributed by atoms with van der Waals surface area (Å²) in [7, 11) is 1.43. The van der Waals surface area contributed by atoms with Crippen LogP contribution in [-0.2, 0) is 4.74 Å². The molecule has 5 nitrogen and oxygen atoms in total. The van der Waals surface area contributed by atoms with E-state index in [9.17, 15) is 4.39 Å². The van der Waals surface area contributed by atoms with E-state index in [4.69, 9.17) is 21.1 Å². The monoisotopic (exact) mass is 350 g/mol. The van der Waals surface area contributed by atoms with Crippen LogP contribution in [0, 0.1) is 5.82 Å². The van der Waals surface area contributed by atoms with Crippen molar-refractivity contribution in [2.75, 3.05) is 13.7 Å². The molecule has 3 heterocycles. The van der Waals surface area contributed by atoms with Crippen LogP contribution in [0.5, 0.6) is 5.88 Å². The summed E-state index contributed by atoms with van der Waals surface area (Å²) >= 11 is 5.74. The summed E-state index contributed by atoms with van der Waals surface area (Å²) in [5.41, 5.74) is 0.839. The number of nitrogens with zero attached hydrogens (tertiary/aromatic N) is 3. The van der Waals surface area contributed by atoms with Crippen LogP contribution < -0.4 is 4.74 Å². The van der Waals surface area contributed by atoms with Crippen molar-refractivity contribution in [1.82, 2.24) is 14.8 Å². The molecule has 1 unspecified atom stereocenters. The minimum atomic E-state index is -0.490. The second-order valence-corrected chi connectivity index (χ2v) is 5.23. The number of pyridine rings is 1. The van der Waals surface area contributed by atoms with Crippen molar-refractivity contribution in [3.05, 3.63) is 29.4 Å². The van der Waals surface area contributed by atoms with Crippen LogP contribution in [0.4, 0.5) is 4.39 Å². The van der Waals surface area contributed by atoms with E-state index in [-0.39, 0.29) is 74.2 Å². The molecule has 1 aliphatic heterocycles. The van der Waals surface area contributed by atoms with Crippen molar-refractivity contribution in [1.29, 1.82) is 0 Å². The van der Waals surface area contributed by atoms with E-state index >= 15 is 0 Å². The molecule has 0 aromatic carbocycles. The van der Waals surface area contributed by atoms with Gasteiger partial charge in [-0.3, -0.25) is 0 Å². The molecule has 1 radical (unpaired) electrons. The Bertz CT molecular complexity index is 647. The van der Waals surface area contributed by atoms with Crippen LogP contribution in [0.25, 0.3) is 11.1 Å². The summed E-state index contributed by atoms with van der Waals surface area (Å²) in [4.78, 5) is 3.99. The van der Waals surface area contributed by atoms with Crippen molar-refractivity contribution >= 4 is 63.0 Å². The predicted molar refractivity (Wildman–Crippen MR) is 81.6 cm³/mol. The van der Waals surface area contributed by atoms with Gasteiger partial charge >= 0.3 is 0 Å². The van der Waals surface area contributed by atoms with Gasteiger partial charge in [0.1, 0.15) is 17.2 Å². The molecule has 1 fully saturated rings. The number of hydrogen-bond donors (Lipinski definition) is 0. The van der Waals surface area contributed by atoms with E-state index in [2.05, 4.69) is 10.1 Å². The Kier molecular flexibility index (Phi) is 6.82. The Morgan fingerprint density at radius 2 is 2.27 bits per heavy atom. The smallest absolute Gasteiger partial charge is 0.225 e. The molecule has 0 spiro atoms. The molecule has 0 N–H and O–H groups in total. The minimum absolute atomic E-state index is 0.